The second-order valence-corrected chi connectivity index (χ2v) is 5.86. The van der Waals surface area contributed by atoms with Crippen LogP contribution in [0.5, 0.6) is 0 Å². The average Bonchev–Trinajstić information content (AvgIpc) is 2.56. The lowest BCUT2D eigenvalue weighted by atomic mass is 10.0. The Kier molecular flexibility index (Phi) is 5.90. The molecular weight excluding hydrogens is 362 g/mol. The van der Waals surface area contributed by atoms with E-state index < -0.39 is 24.0 Å². The Morgan fingerprint density at radius 1 is 1.04 bits per heavy atom. The quantitative estimate of drug-likeness (QED) is 0.720. The molecule has 0 saturated carbocycles. The van der Waals surface area contributed by atoms with Crippen molar-refractivity contribution in [3.63, 3.8) is 0 Å². The number of carboxylic acid groups (broad SMARTS) is 1. The minimum Gasteiger partial charge on any atom is -0.480 e. The molecular formula is C17H16BrNO4. The summed E-state index contributed by atoms with van der Waals surface area (Å²) >= 11 is 3.35. The molecule has 3 N–H and O–H groups in total. The van der Waals surface area contributed by atoms with E-state index >= 15 is 0 Å². The number of rotatable bonds is 6. The van der Waals surface area contributed by atoms with Crippen molar-refractivity contribution in [3.05, 3.63) is 70.2 Å². The molecule has 0 aliphatic carbocycles. The summed E-state index contributed by atoms with van der Waals surface area (Å²) in [4.78, 5) is 23.5. The summed E-state index contributed by atoms with van der Waals surface area (Å²) in [7, 11) is 0. The molecule has 0 fully saturated rings. The number of carbonyl (C=O) groups excluding carboxylic acids is 1. The topological polar surface area (TPSA) is 86.6 Å². The van der Waals surface area contributed by atoms with Crippen LogP contribution in [0, 0.1) is 0 Å². The molecule has 2 rings (SSSR count). The molecule has 0 aliphatic heterocycles. The fraction of sp³-hybridized carbons (Fsp3) is 0.176. The predicted octanol–water partition coefficient (Wildman–Crippen LogP) is 2.29. The van der Waals surface area contributed by atoms with E-state index in [0.29, 0.717) is 5.56 Å². The molecule has 1 amide bonds. The molecule has 0 aromatic heterocycles. The smallest absolute Gasteiger partial charge is 0.326 e. The highest BCUT2D eigenvalue weighted by Crippen LogP contribution is 2.18. The first-order chi connectivity index (χ1) is 11.0. The van der Waals surface area contributed by atoms with Gasteiger partial charge in [-0.2, -0.15) is 0 Å². The van der Waals surface area contributed by atoms with Gasteiger partial charge in [-0.15, -0.1) is 0 Å². The van der Waals surface area contributed by atoms with Gasteiger partial charge in [0.25, 0.3) is 5.91 Å². The fourth-order valence-electron chi connectivity index (χ4n) is 2.12. The lowest BCUT2D eigenvalue weighted by molar-refractivity contribution is -0.143. The summed E-state index contributed by atoms with van der Waals surface area (Å²) < 4.78 is 0.768. The largest absolute Gasteiger partial charge is 0.480 e. The number of aliphatic hydroxyl groups is 1. The van der Waals surface area contributed by atoms with Gasteiger partial charge in [0.05, 0.1) is 0 Å². The Bertz CT molecular complexity index is 690. The number of carboxylic acids is 1. The molecule has 23 heavy (non-hydrogen) atoms. The third-order valence-corrected chi connectivity index (χ3v) is 4.13. The van der Waals surface area contributed by atoms with Crippen LogP contribution >= 0.6 is 15.9 Å². The molecule has 5 nitrogen and oxygen atoms in total. The fourth-order valence-corrected chi connectivity index (χ4v) is 2.57. The maximum absolute atomic E-state index is 12.1. The van der Waals surface area contributed by atoms with Gasteiger partial charge in [0.15, 0.2) is 6.10 Å². The summed E-state index contributed by atoms with van der Waals surface area (Å²) in [5.74, 6) is -1.90. The first-order valence-corrected chi connectivity index (χ1v) is 7.78. The Balaban J connectivity index is 2.09. The maximum Gasteiger partial charge on any atom is 0.326 e. The molecule has 6 heteroatoms. The van der Waals surface area contributed by atoms with E-state index in [1.54, 1.807) is 48.5 Å². The van der Waals surface area contributed by atoms with Crippen LogP contribution in [0.25, 0.3) is 0 Å². The molecule has 120 valence electrons. The lowest BCUT2D eigenvalue weighted by Gasteiger charge is -2.18. The van der Waals surface area contributed by atoms with Gasteiger partial charge >= 0.3 is 5.97 Å². The normalized spacial score (nSPS) is 13.1. The zero-order valence-corrected chi connectivity index (χ0v) is 13.7. The third kappa shape index (κ3) is 4.64. The van der Waals surface area contributed by atoms with Crippen LogP contribution in [0.3, 0.4) is 0 Å². The molecule has 0 spiro atoms. The molecule has 0 unspecified atom stereocenters. The van der Waals surface area contributed by atoms with E-state index in [2.05, 4.69) is 21.2 Å². The van der Waals surface area contributed by atoms with E-state index in [0.717, 1.165) is 10.0 Å². The summed E-state index contributed by atoms with van der Waals surface area (Å²) in [6, 6.07) is 14.4. The highest BCUT2D eigenvalue weighted by molar-refractivity contribution is 9.10. The van der Waals surface area contributed by atoms with Gasteiger partial charge in [0.1, 0.15) is 6.04 Å². The standard InChI is InChI=1S/C17H16BrNO4/c18-13-9-5-4-8-12(13)10-14(17(22)23)19-16(21)15(20)11-6-2-1-3-7-11/h1-9,14-15,20H,10H2,(H,19,21)(H,22,23)/t14-,15-/m0/s1. The number of nitrogens with one attached hydrogen (secondary N) is 1. The van der Waals surface area contributed by atoms with Gasteiger partial charge in [-0.25, -0.2) is 4.79 Å². The van der Waals surface area contributed by atoms with Crippen LogP contribution in [-0.2, 0) is 16.0 Å². The highest BCUT2D eigenvalue weighted by Gasteiger charge is 2.25. The molecule has 0 heterocycles. The number of halogens is 1. The van der Waals surface area contributed by atoms with Crippen molar-refractivity contribution in [2.45, 2.75) is 18.6 Å². The minimum atomic E-state index is -1.41. The number of aliphatic hydroxyl groups excluding tert-OH is 1. The van der Waals surface area contributed by atoms with Crippen molar-refractivity contribution in [1.29, 1.82) is 0 Å². The Labute approximate surface area is 142 Å². The second-order valence-electron chi connectivity index (χ2n) is 5.01. The molecule has 2 atom stereocenters. The zero-order valence-electron chi connectivity index (χ0n) is 12.1. The predicted molar refractivity (Wildman–Crippen MR) is 88.8 cm³/mol. The number of benzene rings is 2. The average molecular weight is 378 g/mol. The van der Waals surface area contributed by atoms with Crippen LogP contribution in [0.1, 0.15) is 17.2 Å². The van der Waals surface area contributed by atoms with Gasteiger partial charge in [0.2, 0.25) is 0 Å². The SMILES string of the molecule is O=C(O)[C@H](Cc1ccccc1Br)NC(=O)[C@@H](O)c1ccccc1. The van der Waals surface area contributed by atoms with Crippen LogP contribution in [-0.4, -0.2) is 28.1 Å². The van der Waals surface area contributed by atoms with Crippen LogP contribution in [0.15, 0.2) is 59.1 Å². The van der Waals surface area contributed by atoms with Crippen molar-refractivity contribution in [2.24, 2.45) is 0 Å². The zero-order chi connectivity index (χ0) is 16.8. The Morgan fingerprint density at radius 2 is 1.65 bits per heavy atom. The van der Waals surface area contributed by atoms with Crippen LogP contribution in [0.2, 0.25) is 0 Å². The Hall–Kier alpha value is -2.18. The number of hydrogen-bond donors (Lipinski definition) is 3. The maximum atomic E-state index is 12.1. The first-order valence-electron chi connectivity index (χ1n) is 6.98. The van der Waals surface area contributed by atoms with Gasteiger partial charge < -0.3 is 15.5 Å². The van der Waals surface area contributed by atoms with Crippen molar-refractivity contribution >= 4 is 27.8 Å². The molecule has 2 aromatic rings. The second kappa shape index (κ2) is 7.89. The molecule has 0 radical (unpaired) electrons. The van der Waals surface area contributed by atoms with Crippen molar-refractivity contribution in [1.82, 2.24) is 5.32 Å². The van der Waals surface area contributed by atoms with Crippen LogP contribution in [0.4, 0.5) is 0 Å². The van der Waals surface area contributed by atoms with E-state index in [4.69, 9.17) is 0 Å². The summed E-state index contributed by atoms with van der Waals surface area (Å²) in [5.41, 5.74) is 1.17. The summed E-state index contributed by atoms with van der Waals surface area (Å²) in [5, 5.41) is 21.7. The van der Waals surface area contributed by atoms with E-state index in [1.807, 2.05) is 6.07 Å². The molecule has 0 saturated heterocycles. The van der Waals surface area contributed by atoms with Gasteiger partial charge in [-0.3, -0.25) is 4.79 Å². The summed E-state index contributed by atoms with van der Waals surface area (Å²) in [6.45, 7) is 0. The molecule has 0 aliphatic rings. The van der Waals surface area contributed by atoms with Crippen molar-refractivity contribution in [3.8, 4) is 0 Å². The number of aliphatic carboxylic acids is 1. The number of hydrogen-bond acceptors (Lipinski definition) is 3. The van der Waals surface area contributed by atoms with Gasteiger partial charge in [0, 0.05) is 10.9 Å². The van der Waals surface area contributed by atoms with Crippen molar-refractivity contribution in [2.75, 3.05) is 0 Å². The van der Waals surface area contributed by atoms with Gasteiger partial charge in [-0.1, -0.05) is 64.5 Å². The monoisotopic (exact) mass is 377 g/mol. The Morgan fingerprint density at radius 3 is 2.26 bits per heavy atom. The van der Waals surface area contributed by atoms with Crippen LogP contribution < -0.4 is 5.32 Å². The van der Waals surface area contributed by atoms with Gasteiger partial charge in [-0.05, 0) is 17.2 Å². The lowest BCUT2D eigenvalue weighted by Crippen LogP contribution is -2.44. The van der Waals surface area contributed by atoms with E-state index in [1.165, 1.54) is 0 Å². The van der Waals surface area contributed by atoms with Crippen molar-refractivity contribution < 1.29 is 19.8 Å². The molecule has 0 bridgehead atoms. The number of amides is 1. The number of carbonyl (C=O) groups is 2. The summed E-state index contributed by atoms with van der Waals surface area (Å²) in [6.07, 6.45) is -1.29. The first kappa shape index (κ1) is 17.2. The molecule has 2 aromatic carbocycles. The van der Waals surface area contributed by atoms with E-state index in [-0.39, 0.29) is 6.42 Å². The third-order valence-electron chi connectivity index (χ3n) is 3.36. The highest BCUT2D eigenvalue weighted by atomic mass is 79.9. The van der Waals surface area contributed by atoms with E-state index in [9.17, 15) is 19.8 Å². The minimum absolute atomic E-state index is 0.115.